The van der Waals surface area contributed by atoms with Crippen LogP contribution in [0.2, 0.25) is 0 Å². The van der Waals surface area contributed by atoms with E-state index in [1.807, 2.05) is 68.4 Å². The summed E-state index contributed by atoms with van der Waals surface area (Å²) in [7, 11) is 2.06. The molecule has 0 aliphatic carbocycles. The SMILES string of the molecule is CC(CCC(=O)C(C)C)CCN(C)c1ccc(C(=O)Nc2cnc3ccccc3c2)cc1. The van der Waals surface area contributed by atoms with Crippen molar-refractivity contribution in [3.05, 3.63) is 66.4 Å². The second-order valence-corrected chi connectivity index (χ2v) is 8.89. The molecule has 1 amide bonds. The second-order valence-electron chi connectivity index (χ2n) is 8.89. The molecule has 0 radical (unpaired) electrons. The molecule has 3 rings (SSSR count). The van der Waals surface area contributed by atoms with Crippen LogP contribution in [0.3, 0.4) is 0 Å². The minimum Gasteiger partial charge on any atom is -0.375 e. The Bertz CT molecular complexity index is 1060. The fraction of sp³-hybridized carbons (Fsp3) is 0.370. The Labute approximate surface area is 190 Å². The topological polar surface area (TPSA) is 62.3 Å². The van der Waals surface area contributed by atoms with Crippen molar-refractivity contribution in [2.45, 2.75) is 40.0 Å². The van der Waals surface area contributed by atoms with Gasteiger partial charge in [-0.05, 0) is 55.2 Å². The van der Waals surface area contributed by atoms with Crippen molar-refractivity contribution in [3.8, 4) is 0 Å². The maximum atomic E-state index is 12.6. The van der Waals surface area contributed by atoms with Crippen LogP contribution in [0.1, 0.15) is 50.4 Å². The van der Waals surface area contributed by atoms with Gasteiger partial charge in [0.15, 0.2) is 0 Å². The lowest BCUT2D eigenvalue weighted by Crippen LogP contribution is -2.21. The molecule has 32 heavy (non-hydrogen) atoms. The number of nitrogens with zero attached hydrogens (tertiary/aromatic N) is 2. The van der Waals surface area contributed by atoms with Gasteiger partial charge in [0, 0.05) is 42.6 Å². The van der Waals surface area contributed by atoms with Crippen LogP contribution in [-0.2, 0) is 4.79 Å². The molecule has 0 spiro atoms. The van der Waals surface area contributed by atoms with E-state index in [2.05, 4.69) is 29.2 Å². The molecule has 5 heteroatoms. The van der Waals surface area contributed by atoms with Crippen molar-refractivity contribution in [3.63, 3.8) is 0 Å². The van der Waals surface area contributed by atoms with Crippen LogP contribution in [0.4, 0.5) is 11.4 Å². The van der Waals surface area contributed by atoms with E-state index < -0.39 is 0 Å². The van der Waals surface area contributed by atoms with E-state index in [0.29, 0.717) is 29.4 Å². The molecule has 3 aromatic rings. The first-order valence-electron chi connectivity index (χ1n) is 11.3. The first-order chi connectivity index (χ1) is 15.3. The smallest absolute Gasteiger partial charge is 0.255 e. The molecule has 0 saturated heterocycles. The third-order valence-electron chi connectivity index (χ3n) is 5.90. The Morgan fingerprint density at radius 3 is 2.44 bits per heavy atom. The highest BCUT2D eigenvalue weighted by molar-refractivity contribution is 6.05. The average molecular weight is 432 g/mol. The number of carbonyl (C=O) groups excluding carboxylic acids is 2. The number of hydrogen-bond donors (Lipinski definition) is 1. The standard InChI is InChI=1S/C27H33N3O2/c1-19(2)26(31)14-9-20(3)15-16-30(4)24-12-10-21(11-13-24)27(32)29-23-17-22-7-5-6-8-25(22)28-18-23/h5-8,10-13,17-20H,9,14-16H2,1-4H3,(H,29,32). The van der Waals surface area contributed by atoms with E-state index in [1.165, 1.54) is 0 Å². The highest BCUT2D eigenvalue weighted by Gasteiger charge is 2.12. The van der Waals surface area contributed by atoms with Crippen molar-refractivity contribution in [1.29, 1.82) is 0 Å². The zero-order chi connectivity index (χ0) is 23.1. The molecule has 1 unspecified atom stereocenters. The lowest BCUT2D eigenvalue weighted by molar-refractivity contribution is -0.122. The van der Waals surface area contributed by atoms with Crippen LogP contribution >= 0.6 is 0 Å². The fourth-order valence-corrected chi connectivity index (χ4v) is 3.57. The number of aromatic nitrogens is 1. The third-order valence-corrected chi connectivity index (χ3v) is 5.90. The van der Waals surface area contributed by atoms with Crippen LogP contribution in [0.25, 0.3) is 10.9 Å². The minimum atomic E-state index is -0.153. The number of rotatable bonds is 10. The predicted octanol–water partition coefficient (Wildman–Crippen LogP) is 5.95. The number of fused-ring (bicyclic) bond motifs is 1. The van der Waals surface area contributed by atoms with E-state index in [-0.39, 0.29) is 11.8 Å². The number of anilines is 2. The van der Waals surface area contributed by atoms with Gasteiger partial charge in [0.2, 0.25) is 0 Å². The molecule has 0 aliphatic heterocycles. The predicted molar refractivity (Wildman–Crippen MR) is 132 cm³/mol. The van der Waals surface area contributed by atoms with Gasteiger partial charge >= 0.3 is 0 Å². The molecule has 0 bridgehead atoms. The number of ketones is 1. The van der Waals surface area contributed by atoms with Gasteiger partial charge in [-0.3, -0.25) is 14.6 Å². The van der Waals surface area contributed by atoms with Gasteiger partial charge in [0.1, 0.15) is 5.78 Å². The van der Waals surface area contributed by atoms with E-state index in [0.717, 1.165) is 36.0 Å². The van der Waals surface area contributed by atoms with Gasteiger partial charge in [0.25, 0.3) is 5.91 Å². The normalized spacial score (nSPS) is 12.0. The van der Waals surface area contributed by atoms with Gasteiger partial charge in [-0.1, -0.05) is 39.0 Å². The number of amides is 1. The minimum absolute atomic E-state index is 0.123. The molecular formula is C27H33N3O2. The first-order valence-corrected chi connectivity index (χ1v) is 11.3. The molecule has 1 atom stereocenters. The van der Waals surface area contributed by atoms with Gasteiger partial charge in [-0.2, -0.15) is 0 Å². The van der Waals surface area contributed by atoms with E-state index in [9.17, 15) is 9.59 Å². The van der Waals surface area contributed by atoms with Gasteiger partial charge < -0.3 is 10.2 Å². The number of para-hydroxylation sites is 1. The molecule has 1 heterocycles. The number of Topliss-reactive ketones (excluding diaryl/α,β-unsaturated/α-hetero) is 1. The highest BCUT2D eigenvalue weighted by Crippen LogP contribution is 2.20. The van der Waals surface area contributed by atoms with Crippen molar-refractivity contribution in [1.82, 2.24) is 4.98 Å². The monoisotopic (exact) mass is 431 g/mol. The van der Waals surface area contributed by atoms with E-state index >= 15 is 0 Å². The van der Waals surface area contributed by atoms with Crippen molar-refractivity contribution in [2.24, 2.45) is 11.8 Å². The summed E-state index contributed by atoms with van der Waals surface area (Å²) in [5.41, 5.74) is 3.26. The Morgan fingerprint density at radius 2 is 1.72 bits per heavy atom. The fourth-order valence-electron chi connectivity index (χ4n) is 3.57. The van der Waals surface area contributed by atoms with Crippen LogP contribution in [0, 0.1) is 11.8 Å². The van der Waals surface area contributed by atoms with E-state index in [1.54, 1.807) is 6.20 Å². The summed E-state index contributed by atoms with van der Waals surface area (Å²) in [6, 6.07) is 17.4. The van der Waals surface area contributed by atoms with Crippen LogP contribution in [0.5, 0.6) is 0 Å². The van der Waals surface area contributed by atoms with Crippen molar-refractivity contribution >= 4 is 34.0 Å². The first kappa shape index (κ1) is 23.5. The summed E-state index contributed by atoms with van der Waals surface area (Å²) in [5, 5.41) is 3.92. The summed E-state index contributed by atoms with van der Waals surface area (Å²) in [5.74, 6) is 0.817. The summed E-state index contributed by atoms with van der Waals surface area (Å²) in [6.45, 7) is 7.04. The molecule has 1 N–H and O–H groups in total. The lowest BCUT2D eigenvalue weighted by atomic mass is 9.96. The second kappa shape index (κ2) is 10.9. The molecule has 0 saturated carbocycles. The van der Waals surface area contributed by atoms with Crippen LogP contribution in [0.15, 0.2) is 60.8 Å². The maximum absolute atomic E-state index is 12.6. The van der Waals surface area contributed by atoms with E-state index in [4.69, 9.17) is 0 Å². The van der Waals surface area contributed by atoms with Gasteiger partial charge in [-0.15, -0.1) is 0 Å². The summed E-state index contributed by atoms with van der Waals surface area (Å²) < 4.78 is 0. The zero-order valence-corrected chi connectivity index (χ0v) is 19.5. The molecular weight excluding hydrogens is 398 g/mol. The summed E-state index contributed by atoms with van der Waals surface area (Å²) >= 11 is 0. The van der Waals surface area contributed by atoms with Crippen molar-refractivity contribution in [2.75, 3.05) is 23.8 Å². The Morgan fingerprint density at radius 1 is 1.00 bits per heavy atom. The lowest BCUT2D eigenvalue weighted by Gasteiger charge is -2.22. The third kappa shape index (κ3) is 6.39. The summed E-state index contributed by atoms with van der Waals surface area (Å²) in [4.78, 5) is 31.0. The Kier molecular flexibility index (Phi) is 7.98. The van der Waals surface area contributed by atoms with Gasteiger partial charge in [-0.25, -0.2) is 0 Å². The Balaban J connectivity index is 1.51. The van der Waals surface area contributed by atoms with Crippen molar-refractivity contribution < 1.29 is 9.59 Å². The maximum Gasteiger partial charge on any atom is 0.255 e. The molecule has 168 valence electrons. The number of nitrogens with one attached hydrogen (secondary N) is 1. The van der Waals surface area contributed by atoms with Crippen LogP contribution < -0.4 is 10.2 Å². The largest absolute Gasteiger partial charge is 0.375 e. The molecule has 5 nitrogen and oxygen atoms in total. The Hall–Kier alpha value is -3.21. The molecule has 0 fully saturated rings. The van der Waals surface area contributed by atoms with Gasteiger partial charge in [0.05, 0.1) is 17.4 Å². The quantitative estimate of drug-likeness (QED) is 0.430. The van der Waals surface area contributed by atoms with Crippen LogP contribution in [-0.4, -0.2) is 30.3 Å². The average Bonchev–Trinajstić information content (AvgIpc) is 2.80. The zero-order valence-electron chi connectivity index (χ0n) is 19.5. The number of pyridine rings is 1. The highest BCUT2D eigenvalue weighted by atomic mass is 16.1. The molecule has 2 aromatic carbocycles. The molecule has 0 aliphatic rings. The molecule has 1 aromatic heterocycles. The summed E-state index contributed by atoms with van der Waals surface area (Å²) in [6.07, 6.45) is 4.31. The number of benzene rings is 2. The number of hydrogen-bond acceptors (Lipinski definition) is 4. The number of carbonyl (C=O) groups is 2.